The molecule has 2 nitrogen and oxygen atoms in total. The molecule has 0 heterocycles. The number of benzene rings is 1. The maximum Gasteiger partial charge on any atom is 0.119 e. The molecule has 0 amide bonds. The van der Waals surface area contributed by atoms with Crippen LogP contribution in [-0.2, 0) is 6.42 Å². The zero-order valence-corrected chi connectivity index (χ0v) is 9.86. The molecule has 0 spiro atoms. The van der Waals surface area contributed by atoms with Gasteiger partial charge in [-0.05, 0) is 23.6 Å². The first-order valence-corrected chi connectivity index (χ1v) is 5.41. The summed E-state index contributed by atoms with van der Waals surface area (Å²) in [5.74, 6) is 1.40. The van der Waals surface area contributed by atoms with Crippen LogP contribution < -0.4 is 4.74 Å². The largest absolute Gasteiger partial charge is 0.493 e. The molecule has 0 fully saturated rings. The second-order valence-electron chi connectivity index (χ2n) is 4.24. The van der Waals surface area contributed by atoms with E-state index in [0.717, 1.165) is 17.9 Å². The predicted molar refractivity (Wildman–Crippen MR) is 65.2 cm³/mol. The Kier molecular flexibility index (Phi) is 4.60. The maximum atomic E-state index is 8.62. The van der Waals surface area contributed by atoms with Gasteiger partial charge in [0.15, 0.2) is 0 Å². The molecule has 2 heteroatoms. The lowest BCUT2D eigenvalue weighted by Crippen LogP contribution is -2.04. The average molecular weight is 215 g/mol. The van der Waals surface area contributed by atoms with Crippen molar-refractivity contribution in [2.24, 2.45) is 5.92 Å². The van der Waals surface area contributed by atoms with Crippen LogP contribution in [0.15, 0.2) is 36.4 Å². The van der Waals surface area contributed by atoms with Crippen LogP contribution in [0.25, 0.3) is 0 Å². The van der Waals surface area contributed by atoms with E-state index in [1.807, 2.05) is 30.3 Å². The Labute approximate surface area is 97.2 Å². The van der Waals surface area contributed by atoms with Gasteiger partial charge in [-0.15, -0.1) is 0 Å². The van der Waals surface area contributed by atoms with E-state index in [1.165, 1.54) is 0 Å². The van der Waals surface area contributed by atoms with Gasteiger partial charge >= 0.3 is 0 Å². The number of allylic oxidation sites excluding steroid dienone is 1. The van der Waals surface area contributed by atoms with Crippen molar-refractivity contribution in [3.8, 4) is 11.8 Å². The average Bonchev–Trinajstić information content (AvgIpc) is 2.28. The Hall–Kier alpha value is -1.75. The van der Waals surface area contributed by atoms with E-state index in [4.69, 9.17) is 10.00 Å². The van der Waals surface area contributed by atoms with Crippen molar-refractivity contribution < 1.29 is 4.74 Å². The summed E-state index contributed by atoms with van der Waals surface area (Å²) in [6.07, 6.45) is 0.612. The molecule has 0 N–H and O–H groups in total. The number of hydrogen-bond donors (Lipinski definition) is 0. The summed E-state index contributed by atoms with van der Waals surface area (Å²) in [6.45, 7) is 8.62. The molecule has 1 aromatic carbocycles. The molecule has 0 radical (unpaired) electrons. The minimum absolute atomic E-state index is 0.526. The van der Waals surface area contributed by atoms with Crippen LogP contribution in [0.5, 0.6) is 5.75 Å². The third-order valence-electron chi connectivity index (χ3n) is 2.08. The molecule has 1 aromatic rings. The lowest BCUT2D eigenvalue weighted by Gasteiger charge is -2.08. The fourth-order valence-corrected chi connectivity index (χ4v) is 1.25. The Morgan fingerprint density at radius 3 is 2.50 bits per heavy atom. The minimum Gasteiger partial charge on any atom is -0.493 e. The van der Waals surface area contributed by atoms with Gasteiger partial charge in [-0.3, -0.25) is 0 Å². The molecule has 84 valence electrons. The molecular formula is C14H17NO. The Morgan fingerprint density at radius 2 is 2.00 bits per heavy atom. The van der Waals surface area contributed by atoms with Gasteiger partial charge in [0, 0.05) is 12.0 Å². The fourth-order valence-electron chi connectivity index (χ4n) is 1.25. The first-order chi connectivity index (χ1) is 7.61. The summed E-state index contributed by atoms with van der Waals surface area (Å²) in [7, 11) is 0. The van der Waals surface area contributed by atoms with E-state index in [2.05, 4.69) is 20.4 Å². The van der Waals surface area contributed by atoms with Gasteiger partial charge in [0.2, 0.25) is 0 Å². The van der Waals surface area contributed by atoms with Gasteiger partial charge in [-0.2, -0.15) is 5.26 Å². The Morgan fingerprint density at radius 1 is 1.38 bits per heavy atom. The van der Waals surface area contributed by atoms with Crippen LogP contribution in [0.3, 0.4) is 0 Å². The zero-order valence-electron chi connectivity index (χ0n) is 9.86. The second-order valence-corrected chi connectivity index (χ2v) is 4.24. The number of rotatable bonds is 5. The fraction of sp³-hybridized carbons (Fsp3) is 0.357. The molecule has 0 aliphatic carbocycles. The summed E-state index contributed by atoms with van der Waals surface area (Å²) >= 11 is 0. The summed E-state index contributed by atoms with van der Waals surface area (Å²) in [6, 6.07) is 9.85. The van der Waals surface area contributed by atoms with Crippen molar-refractivity contribution in [2.75, 3.05) is 6.61 Å². The summed E-state index contributed by atoms with van der Waals surface area (Å²) in [5, 5.41) is 8.62. The lowest BCUT2D eigenvalue weighted by molar-refractivity contribution is 0.271. The van der Waals surface area contributed by atoms with Crippen LogP contribution in [0.4, 0.5) is 0 Å². The molecule has 0 aliphatic rings. The molecule has 0 aromatic heterocycles. The second kappa shape index (κ2) is 5.97. The monoisotopic (exact) mass is 215 g/mol. The smallest absolute Gasteiger partial charge is 0.119 e. The van der Waals surface area contributed by atoms with Gasteiger partial charge in [0.05, 0.1) is 12.7 Å². The van der Waals surface area contributed by atoms with Crippen LogP contribution >= 0.6 is 0 Å². The SMILES string of the molecule is C=C(C#N)Cc1ccc(OCC(C)C)cc1. The number of nitriles is 1. The molecule has 16 heavy (non-hydrogen) atoms. The van der Waals surface area contributed by atoms with Crippen molar-refractivity contribution in [3.05, 3.63) is 42.0 Å². The third kappa shape index (κ3) is 4.18. The highest BCUT2D eigenvalue weighted by atomic mass is 16.5. The van der Waals surface area contributed by atoms with E-state index in [9.17, 15) is 0 Å². The maximum absolute atomic E-state index is 8.62. The van der Waals surface area contributed by atoms with Crippen LogP contribution in [0.2, 0.25) is 0 Å². The van der Waals surface area contributed by atoms with Crippen LogP contribution in [-0.4, -0.2) is 6.61 Å². The molecule has 0 saturated carbocycles. The number of nitrogens with zero attached hydrogens (tertiary/aromatic N) is 1. The summed E-state index contributed by atoms with van der Waals surface area (Å²) < 4.78 is 5.57. The molecule has 0 unspecified atom stereocenters. The van der Waals surface area contributed by atoms with Crippen molar-refractivity contribution in [3.63, 3.8) is 0 Å². The van der Waals surface area contributed by atoms with Gasteiger partial charge in [0.25, 0.3) is 0 Å². The van der Waals surface area contributed by atoms with Crippen LogP contribution in [0.1, 0.15) is 19.4 Å². The zero-order chi connectivity index (χ0) is 12.0. The van der Waals surface area contributed by atoms with Gasteiger partial charge < -0.3 is 4.74 Å². The normalized spacial score (nSPS) is 9.88. The van der Waals surface area contributed by atoms with E-state index < -0.39 is 0 Å². The topological polar surface area (TPSA) is 33.0 Å². The molecule has 0 atom stereocenters. The first kappa shape index (κ1) is 12.3. The van der Waals surface area contributed by atoms with Gasteiger partial charge in [-0.1, -0.05) is 32.6 Å². The highest BCUT2D eigenvalue weighted by molar-refractivity contribution is 5.32. The molecular weight excluding hydrogens is 198 g/mol. The van der Waals surface area contributed by atoms with Gasteiger partial charge in [0.1, 0.15) is 5.75 Å². The van der Waals surface area contributed by atoms with Gasteiger partial charge in [-0.25, -0.2) is 0 Å². The van der Waals surface area contributed by atoms with Crippen LogP contribution in [0, 0.1) is 17.2 Å². The summed E-state index contributed by atoms with van der Waals surface area (Å²) in [4.78, 5) is 0. The molecule has 0 aliphatic heterocycles. The third-order valence-corrected chi connectivity index (χ3v) is 2.08. The molecule has 0 bridgehead atoms. The van der Waals surface area contributed by atoms with E-state index in [-0.39, 0.29) is 0 Å². The lowest BCUT2D eigenvalue weighted by atomic mass is 10.1. The van der Waals surface area contributed by atoms with Crippen molar-refractivity contribution in [2.45, 2.75) is 20.3 Å². The number of ether oxygens (including phenoxy) is 1. The Bertz CT molecular complexity index is 384. The first-order valence-electron chi connectivity index (χ1n) is 5.41. The standard InChI is InChI=1S/C14H17NO/c1-11(2)10-16-14-6-4-13(5-7-14)8-12(3)9-15/h4-7,11H,3,8,10H2,1-2H3. The van der Waals surface area contributed by atoms with E-state index in [0.29, 0.717) is 17.9 Å². The minimum atomic E-state index is 0.526. The quantitative estimate of drug-likeness (QED) is 0.706. The van der Waals surface area contributed by atoms with Crippen molar-refractivity contribution in [1.29, 1.82) is 5.26 Å². The highest BCUT2D eigenvalue weighted by Crippen LogP contribution is 2.15. The highest BCUT2D eigenvalue weighted by Gasteiger charge is 1.99. The van der Waals surface area contributed by atoms with E-state index in [1.54, 1.807) is 0 Å². The van der Waals surface area contributed by atoms with Crippen molar-refractivity contribution >= 4 is 0 Å². The Balaban J connectivity index is 2.55. The predicted octanol–water partition coefficient (Wildman–Crippen LogP) is 3.34. The molecule has 1 rings (SSSR count). The summed E-state index contributed by atoms with van der Waals surface area (Å²) in [5.41, 5.74) is 1.67. The number of hydrogen-bond acceptors (Lipinski definition) is 2. The van der Waals surface area contributed by atoms with Crippen molar-refractivity contribution in [1.82, 2.24) is 0 Å². The molecule has 0 saturated heterocycles. The van der Waals surface area contributed by atoms with E-state index >= 15 is 0 Å².